The number of ether oxygens (including phenoxy) is 1. The van der Waals surface area contributed by atoms with Gasteiger partial charge in [-0.3, -0.25) is 0 Å². The Bertz CT molecular complexity index is 581. The predicted molar refractivity (Wildman–Crippen MR) is 81.3 cm³/mol. The van der Waals surface area contributed by atoms with Crippen LogP contribution in [0, 0.1) is 0 Å². The van der Waals surface area contributed by atoms with E-state index >= 15 is 0 Å². The standard InChI is InChI=1S/C15H19ClN2O/c1-10(16)15(2,3)18-14-12-6-5-7-13(19-4)11(12)8-9-17-14/h5-10H,1-4H3,(H,17,18). The summed E-state index contributed by atoms with van der Waals surface area (Å²) in [7, 11) is 1.67. The van der Waals surface area contributed by atoms with Crippen molar-refractivity contribution in [3.05, 3.63) is 30.5 Å². The van der Waals surface area contributed by atoms with Crippen LogP contribution in [0.25, 0.3) is 10.8 Å². The van der Waals surface area contributed by atoms with E-state index in [0.717, 1.165) is 22.3 Å². The average molecular weight is 279 g/mol. The van der Waals surface area contributed by atoms with Crippen LogP contribution in [0.2, 0.25) is 0 Å². The topological polar surface area (TPSA) is 34.1 Å². The summed E-state index contributed by atoms with van der Waals surface area (Å²) in [6.07, 6.45) is 1.78. The molecule has 0 aliphatic carbocycles. The number of anilines is 1. The fraction of sp³-hybridized carbons (Fsp3) is 0.400. The van der Waals surface area contributed by atoms with Crippen molar-refractivity contribution in [3.8, 4) is 5.75 Å². The van der Waals surface area contributed by atoms with Gasteiger partial charge in [0.05, 0.1) is 12.5 Å². The number of nitrogens with zero attached hydrogens (tertiary/aromatic N) is 1. The van der Waals surface area contributed by atoms with E-state index < -0.39 is 0 Å². The monoisotopic (exact) mass is 278 g/mol. The molecule has 0 saturated carbocycles. The maximum Gasteiger partial charge on any atom is 0.134 e. The Hall–Kier alpha value is -1.48. The van der Waals surface area contributed by atoms with Crippen LogP contribution >= 0.6 is 11.6 Å². The van der Waals surface area contributed by atoms with E-state index in [0.29, 0.717) is 0 Å². The van der Waals surface area contributed by atoms with Crippen LogP contribution in [0.4, 0.5) is 5.82 Å². The molecule has 102 valence electrons. The third-order valence-corrected chi connectivity index (χ3v) is 3.97. The summed E-state index contributed by atoms with van der Waals surface area (Å²) in [4.78, 5) is 4.42. The number of halogens is 1. The second kappa shape index (κ2) is 5.25. The van der Waals surface area contributed by atoms with Gasteiger partial charge >= 0.3 is 0 Å². The van der Waals surface area contributed by atoms with E-state index in [1.54, 1.807) is 13.3 Å². The number of hydrogen-bond acceptors (Lipinski definition) is 3. The minimum atomic E-state index is -0.244. The van der Waals surface area contributed by atoms with Gasteiger partial charge in [-0.25, -0.2) is 4.98 Å². The zero-order valence-corrected chi connectivity index (χ0v) is 12.5. The van der Waals surface area contributed by atoms with Crippen molar-refractivity contribution in [1.29, 1.82) is 0 Å². The van der Waals surface area contributed by atoms with Crippen LogP contribution in [0.3, 0.4) is 0 Å². The zero-order valence-electron chi connectivity index (χ0n) is 11.7. The van der Waals surface area contributed by atoms with E-state index in [-0.39, 0.29) is 10.9 Å². The Morgan fingerprint density at radius 1 is 1.26 bits per heavy atom. The first-order valence-corrected chi connectivity index (χ1v) is 6.73. The molecule has 4 heteroatoms. The molecule has 19 heavy (non-hydrogen) atoms. The van der Waals surface area contributed by atoms with Crippen molar-refractivity contribution in [2.75, 3.05) is 12.4 Å². The first kappa shape index (κ1) is 13.9. The van der Waals surface area contributed by atoms with Crippen molar-refractivity contribution >= 4 is 28.2 Å². The molecule has 0 spiro atoms. The first-order chi connectivity index (χ1) is 8.95. The largest absolute Gasteiger partial charge is 0.496 e. The van der Waals surface area contributed by atoms with Gasteiger partial charge in [-0.2, -0.15) is 0 Å². The molecule has 0 aliphatic rings. The first-order valence-electron chi connectivity index (χ1n) is 6.29. The zero-order chi connectivity index (χ0) is 14.0. The fourth-order valence-corrected chi connectivity index (χ4v) is 1.92. The molecule has 1 unspecified atom stereocenters. The molecule has 0 radical (unpaired) electrons. The Kier molecular flexibility index (Phi) is 3.85. The van der Waals surface area contributed by atoms with Gasteiger partial charge in [0.1, 0.15) is 11.6 Å². The molecule has 2 rings (SSSR count). The molecule has 1 N–H and O–H groups in total. The highest BCUT2D eigenvalue weighted by molar-refractivity contribution is 6.21. The highest BCUT2D eigenvalue weighted by atomic mass is 35.5. The molecule has 1 aromatic heterocycles. The lowest BCUT2D eigenvalue weighted by atomic mass is 10.0. The summed E-state index contributed by atoms with van der Waals surface area (Å²) in [6, 6.07) is 7.89. The number of pyridine rings is 1. The van der Waals surface area contributed by atoms with Crippen LogP contribution in [0.1, 0.15) is 20.8 Å². The van der Waals surface area contributed by atoms with Crippen molar-refractivity contribution in [2.45, 2.75) is 31.7 Å². The number of benzene rings is 1. The van der Waals surface area contributed by atoms with Crippen molar-refractivity contribution < 1.29 is 4.74 Å². The van der Waals surface area contributed by atoms with Crippen LogP contribution in [-0.4, -0.2) is 23.0 Å². The Balaban J connectivity index is 2.50. The lowest BCUT2D eigenvalue weighted by molar-refractivity contribution is 0.420. The van der Waals surface area contributed by atoms with Crippen LogP contribution in [0.15, 0.2) is 30.5 Å². The van der Waals surface area contributed by atoms with Crippen molar-refractivity contribution in [1.82, 2.24) is 4.98 Å². The minimum Gasteiger partial charge on any atom is -0.496 e. The maximum absolute atomic E-state index is 6.21. The summed E-state index contributed by atoms with van der Waals surface area (Å²) >= 11 is 6.21. The lowest BCUT2D eigenvalue weighted by Crippen LogP contribution is -2.39. The highest BCUT2D eigenvalue weighted by Crippen LogP contribution is 2.31. The summed E-state index contributed by atoms with van der Waals surface area (Å²) in [5, 5.41) is 5.47. The second-order valence-electron chi connectivity index (χ2n) is 5.18. The number of aromatic nitrogens is 1. The van der Waals surface area contributed by atoms with Gasteiger partial charge in [0.15, 0.2) is 0 Å². The quantitative estimate of drug-likeness (QED) is 0.857. The molecular weight excluding hydrogens is 260 g/mol. The molecule has 1 aromatic carbocycles. The van der Waals surface area contributed by atoms with Crippen LogP contribution in [0.5, 0.6) is 5.75 Å². The average Bonchev–Trinajstić information content (AvgIpc) is 2.38. The SMILES string of the molecule is COc1cccc2c(NC(C)(C)C(C)Cl)nccc12. The number of hydrogen-bond donors (Lipinski definition) is 1. The third kappa shape index (κ3) is 2.76. The number of rotatable bonds is 4. The van der Waals surface area contributed by atoms with Gasteiger partial charge < -0.3 is 10.1 Å². The summed E-state index contributed by atoms with van der Waals surface area (Å²) < 4.78 is 5.38. The van der Waals surface area contributed by atoms with E-state index in [4.69, 9.17) is 16.3 Å². The lowest BCUT2D eigenvalue weighted by Gasteiger charge is -2.30. The Morgan fingerprint density at radius 3 is 2.63 bits per heavy atom. The molecule has 2 aromatic rings. The Morgan fingerprint density at radius 2 is 2.00 bits per heavy atom. The van der Waals surface area contributed by atoms with Crippen LogP contribution < -0.4 is 10.1 Å². The molecule has 1 atom stereocenters. The summed E-state index contributed by atoms with van der Waals surface area (Å²) in [5.41, 5.74) is -0.244. The van der Waals surface area contributed by atoms with E-state index in [1.807, 2.05) is 31.2 Å². The molecule has 0 saturated heterocycles. The van der Waals surface area contributed by atoms with Gasteiger partial charge in [0.25, 0.3) is 0 Å². The van der Waals surface area contributed by atoms with Gasteiger partial charge in [0, 0.05) is 22.5 Å². The highest BCUT2D eigenvalue weighted by Gasteiger charge is 2.25. The molecule has 0 fully saturated rings. The Labute approximate surface area is 118 Å². The molecule has 3 nitrogen and oxygen atoms in total. The van der Waals surface area contributed by atoms with Crippen molar-refractivity contribution in [2.24, 2.45) is 0 Å². The maximum atomic E-state index is 6.21. The predicted octanol–water partition coefficient (Wildman–Crippen LogP) is 4.06. The van der Waals surface area contributed by atoms with E-state index in [1.165, 1.54) is 0 Å². The molecule has 1 heterocycles. The number of alkyl halides is 1. The second-order valence-corrected chi connectivity index (χ2v) is 5.83. The molecule has 0 bridgehead atoms. The molecule has 0 aliphatic heterocycles. The van der Waals surface area contributed by atoms with Gasteiger partial charge in [-0.1, -0.05) is 12.1 Å². The van der Waals surface area contributed by atoms with Crippen molar-refractivity contribution in [3.63, 3.8) is 0 Å². The third-order valence-electron chi connectivity index (χ3n) is 3.42. The summed E-state index contributed by atoms with van der Waals surface area (Å²) in [6.45, 7) is 6.09. The fourth-order valence-electron chi connectivity index (χ4n) is 1.86. The number of methoxy groups -OCH3 is 1. The minimum absolute atomic E-state index is 0.0184. The normalized spacial score (nSPS) is 13.3. The van der Waals surface area contributed by atoms with Gasteiger partial charge in [-0.15, -0.1) is 11.6 Å². The molecule has 0 amide bonds. The smallest absolute Gasteiger partial charge is 0.134 e. The van der Waals surface area contributed by atoms with Gasteiger partial charge in [0.2, 0.25) is 0 Å². The van der Waals surface area contributed by atoms with E-state index in [2.05, 4.69) is 24.1 Å². The number of fused-ring (bicyclic) bond motifs is 1. The molecular formula is C15H19ClN2O. The van der Waals surface area contributed by atoms with E-state index in [9.17, 15) is 0 Å². The number of nitrogens with one attached hydrogen (secondary N) is 1. The van der Waals surface area contributed by atoms with Gasteiger partial charge in [-0.05, 0) is 32.9 Å². The van der Waals surface area contributed by atoms with Crippen LogP contribution in [-0.2, 0) is 0 Å². The summed E-state index contributed by atoms with van der Waals surface area (Å²) in [5.74, 6) is 1.67.